The van der Waals surface area contributed by atoms with Crippen molar-refractivity contribution in [2.75, 3.05) is 0 Å². The topological polar surface area (TPSA) is 46.5 Å². The van der Waals surface area contributed by atoms with Gasteiger partial charge in [-0.15, -0.1) is 0 Å². The van der Waals surface area contributed by atoms with Gasteiger partial charge in [0.25, 0.3) is 0 Å². The first-order valence-electron chi connectivity index (χ1n) is 4.27. The van der Waals surface area contributed by atoms with Crippen LogP contribution in [0.1, 0.15) is 12.5 Å². The molecule has 3 heteroatoms. The van der Waals surface area contributed by atoms with E-state index in [9.17, 15) is 9.90 Å². The molecule has 0 aromatic heterocycles. The molecule has 0 radical (unpaired) electrons. The number of carbonyl (C=O) groups excluding carboxylic acids is 1. The van der Waals surface area contributed by atoms with Crippen LogP contribution in [-0.4, -0.2) is 11.1 Å². The van der Waals surface area contributed by atoms with Gasteiger partial charge in [-0.3, -0.25) is 0 Å². The number of allylic oxidation sites excluding steroid dienone is 1. The maximum absolute atomic E-state index is 11.0. The first kappa shape index (κ1) is 10.3. The van der Waals surface area contributed by atoms with Crippen LogP contribution in [0.15, 0.2) is 30.4 Å². The van der Waals surface area contributed by atoms with Gasteiger partial charge in [-0.1, -0.05) is 6.08 Å². The molecule has 0 heterocycles. The highest BCUT2D eigenvalue weighted by atomic mass is 16.5. The smallest absolute Gasteiger partial charge is 0.335 e. The summed E-state index contributed by atoms with van der Waals surface area (Å²) in [6, 6.07) is 4.65. The summed E-state index contributed by atoms with van der Waals surface area (Å²) in [5, 5.41) is 9.23. The molecule has 0 amide bonds. The van der Waals surface area contributed by atoms with E-state index < -0.39 is 5.97 Å². The number of carbonyl (C=O) groups is 1. The van der Waals surface area contributed by atoms with Crippen molar-refractivity contribution in [3.63, 3.8) is 0 Å². The summed E-state index contributed by atoms with van der Waals surface area (Å²) in [6.07, 6.45) is 2.94. The third kappa shape index (κ3) is 2.62. The molecule has 1 aromatic rings. The Morgan fingerprint density at radius 1 is 1.50 bits per heavy atom. The van der Waals surface area contributed by atoms with Crippen molar-refractivity contribution in [2.45, 2.75) is 13.8 Å². The number of rotatable bonds is 2. The average molecular weight is 192 g/mol. The maximum Gasteiger partial charge on any atom is 0.335 e. The Balaban J connectivity index is 2.78. The summed E-state index contributed by atoms with van der Waals surface area (Å²) in [7, 11) is 0. The fraction of sp³-hybridized carbons (Fsp3) is 0.182. The molecule has 1 N–H and O–H groups in total. The molecule has 1 rings (SSSR count). The lowest BCUT2D eigenvalue weighted by atomic mass is 10.2. The second-order valence-electron chi connectivity index (χ2n) is 2.87. The zero-order valence-corrected chi connectivity index (χ0v) is 8.15. The minimum atomic E-state index is -0.419. The van der Waals surface area contributed by atoms with Gasteiger partial charge in [-0.05, 0) is 37.6 Å². The van der Waals surface area contributed by atoms with Crippen LogP contribution >= 0.6 is 0 Å². The molecule has 0 bridgehead atoms. The highest BCUT2D eigenvalue weighted by molar-refractivity contribution is 5.83. The van der Waals surface area contributed by atoms with Crippen LogP contribution < -0.4 is 4.74 Å². The van der Waals surface area contributed by atoms with Crippen LogP contribution in [0.25, 0.3) is 0 Å². The maximum atomic E-state index is 11.0. The van der Waals surface area contributed by atoms with Crippen LogP contribution in [0.3, 0.4) is 0 Å². The minimum absolute atomic E-state index is 0.191. The Morgan fingerprint density at radius 3 is 2.79 bits per heavy atom. The van der Waals surface area contributed by atoms with E-state index in [0.717, 1.165) is 0 Å². The second kappa shape index (κ2) is 4.46. The second-order valence-corrected chi connectivity index (χ2v) is 2.87. The number of hydrogen-bond donors (Lipinski definition) is 1. The van der Waals surface area contributed by atoms with Crippen LogP contribution in [0, 0.1) is 6.92 Å². The highest BCUT2D eigenvalue weighted by Crippen LogP contribution is 2.21. The van der Waals surface area contributed by atoms with Crippen LogP contribution in [0.5, 0.6) is 11.5 Å². The van der Waals surface area contributed by atoms with Crippen molar-refractivity contribution in [2.24, 2.45) is 0 Å². The fourth-order valence-electron chi connectivity index (χ4n) is 0.978. The summed E-state index contributed by atoms with van der Waals surface area (Å²) < 4.78 is 4.95. The summed E-state index contributed by atoms with van der Waals surface area (Å²) in [5.41, 5.74) is 0.677. The molecule has 0 atom stereocenters. The minimum Gasteiger partial charge on any atom is -0.508 e. The lowest BCUT2D eigenvalue weighted by Gasteiger charge is -2.03. The van der Waals surface area contributed by atoms with Gasteiger partial charge in [0.05, 0.1) is 0 Å². The molecule has 0 aliphatic carbocycles. The number of phenolic OH excluding ortho intramolecular Hbond substituents is 1. The molecule has 0 aliphatic rings. The van der Waals surface area contributed by atoms with Gasteiger partial charge in [-0.2, -0.15) is 0 Å². The lowest BCUT2D eigenvalue weighted by Crippen LogP contribution is -2.03. The monoisotopic (exact) mass is 192 g/mol. The lowest BCUT2D eigenvalue weighted by molar-refractivity contribution is -0.129. The summed E-state index contributed by atoms with van der Waals surface area (Å²) >= 11 is 0. The third-order valence-corrected chi connectivity index (χ3v) is 1.69. The molecule has 0 unspecified atom stereocenters. The molecule has 74 valence electrons. The van der Waals surface area contributed by atoms with E-state index in [1.54, 1.807) is 32.1 Å². The van der Waals surface area contributed by atoms with Crippen molar-refractivity contribution >= 4 is 5.97 Å². The molecule has 0 fully saturated rings. The molecule has 3 nitrogen and oxygen atoms in total. The average Bonchev–Trinajstić information content (AvgIpc) is 2.12. The van der Waals surface area contributed by atoms with E-state index >= 15 is 0 Å². The number of hydrogen-bond acceptors (Lipinski definition) is 3. The van der Waals surface area contributed by atoms with Crippen molar-refractivity contribution in [3.05, 3.63) is 35.9 Å². The normalized spacial score (nSPS) is 10.4. The van der Waals surface area contributed by atoms with Gasteiger partial charge in [0.1, 0.15) is 11.5 Å². The number of aromatic hydroxyl groups is 1. The Hall–Kier alpha value is -1.77. The number of ether oxygens (including phenoxy) is 1. The molecule has 0 saturated heterocycles. The molecule has 0 aliphatic heterocycles. The SMILES string of the molecule is C/C=C/C(=O)Oc1ccc(O)c(C)c1. The van der Waals surface area contributed by atoms with Crippen LogP contribution in [0.2, 0.25) is 0 Å². The van der Waals surface area contributed by atoms with E-state index in [4.69, 9.17) is 4.74 Å². The van der Waals surface area contributed by atoms with Gasteiger partial charge in [0.15, 0.2) is 0 Å². The Bertz CT molecular complexity index is 367. The van der Waals surface area contributed by atoms with Gasteiger partial charge in [-0.25, -0.2) is 4.79 Å². The standard InChI is InChI=1S/C11H12O3/c1-3-4-11(13)14-9-5-6-10(12)8(2)7-9/h3-7,12H,1-2H3/b4-3+. The molecule has 14 heavy (non-hydrogen) atoms. The summed E-state index contributed by atoms with van der Waals surface area (Å²) in [5.74, 6) is 0.205. The number of aryl methyl sites for hydroxylation is 1. The van der Waals surface area contributed by atoms with Gasteiger partial charge >= 0.3 is 5.97 Å². The molecule has 0 spiro atoms. The van der Waals surface area contributed by atoms with Gasteiger partial charge in [0.2, 0.25) is 0 Å². The fourth-order valence-corrected chi connectivity index (χ4v) is 0.978. The van der Waals surface area contributed by atoms with E-state index in [2.05, 4.69) is 0 Å². The number of benzene rings is 1. The zero-order valence-electron chi connectivity index (χ0n) is 8.15. The Kier molecular flexibility index (Phi) is 3.29. The van der Waals surface area contributed by atoms with Crippen molar-refractivity contribution in [3.8, 4) is 11.5 Å². The van der Waals surface area contributed by atoms with Crippen molar-refractivity contribution in [1.29, 1.82) is 0 Å². The first-order chi connectivity index (χ1) is 6.63. The largest absolute Gasteiger partial charge is 0.508 e. The number of esters is 1. The van der Waals surface area contributed by atoms with E-state index in [1.807, 2.05) is 0 Å². The first-order valence-corrected chi connectivity index (χ1v) is 4.27. The predicted octanol–water partition coefficient (Wildman–Crippen LogP) is 2.18. The number of phenols is 1. The zero-order chi connectivity index (χ0) is 10.6. The van der Waals surface area contributed by atoms with Crippen molar-refractivity contribution < 1.29 is 14.6 Å². The molecular formula is C11H12O3. The predicted molar refractivity (Wildman–Crippen MR) is 53.3 cm³/mol. The van der Waals surface area contributed by atoms with E-state index in [-0.39, 0.29) is 5.75 Å². The third-order valence-electron chi connectivity index (χ3n) is 1.69. The Labute approximate surface area is 82.6 Å². The van der Waals surface area contributed by atoms with E-state index in [1.165, 1.54) is 12.1 Å². The Morgan fingerprint density at radius 2 is 2.21 bits per heavy atom. The van der Waals surface area contributed by atoms with E-state index in [0.29, 0.717) is 11.3 Å². The quantitative estimate of drug-likeness (QED) is 0.444. The summed E-state index contributed by atoms with van der Waals surface area (Å²) in [6.45, 7) is 3.48. The highest BCUT2D eigenvalue weighted by Gasteiger charge is 2.02. The molecule has 0 saturated carbocycles. The van der Waals surface area contributed by atoms with Crippen LogP contribution in [0.4, 0.5) is 0 Å². The summed E-state index contributed by atoms with van der Waals surface area (Å²) in [4.78, 5) is 11.0. The van der Waals surface area contributed by atoms with Gasteiger partial charge < -0.3 is 9.84 Å². The van der Waals surface area contributed by atoms with Crippen LogP contribution in [-0.2, 0) is 4.79 Å². The molecule has 1 aromatic carbocycles. The molecular weight excluding hydrogens is 180 g/mol. The van der Waals surface area contributed by atoms with Crippen molar-refractivity contribution in [1.82, 2.24) is 0 Å². The van der Waals surface area contributed by atoms with Gasteiger partial charge in [0, 0.05) is 6.08 Å².